The molecule has 0 saturated carbocycles. The number of halogens is 3. The Morgan fingerprint density at radius 1 is 0.905 bits per heavy atom. The van der Waals surface area contributed by atoms with Crippen molar-refractivity contribution < 1.29 is 13.2 Å². The fourth-order valence-electron chi connectivity index (χ4n) is 2.36. The molecule has 0 amide bonds. The van der Waals surface area contributed by atoms with E-state index in [4.69, 9.17) is 0 Å². The molecule has 1 atom stereocenters. The van der Waals surface area contributed by atoms with Gasteiger partial charge in [-0.1, -0.05) is 30.3 Å². The highest BCUT2D eigenvalue weighted by molar-refractivity contribution is 5.38. The topological polar surface area (TPSA) is 12.0 Å². The molecule has 0 aromatic heterocycles. The molecule has 1 N–H and O–H groups in total. The first kappa shape index (κ1) is 15.6. The van der Waals surface area contributed by atoms with E-state index < -0.39 is 11.7 Å². The molecule has 1 nitrogen and oxygen atoms in total. The van der Waals surface area contributed by atoms with Gasteiger partial charge in [0.05, 0.1) is 11.6 Å². The predicted octanol–water partition coefficient (Wildman–Crippen LogP) is 4.63. The van der Waals surface area contributed by atoms with E-state index in [0.717, 1.165) is 22.8 Å². The Labute approximate surface area is 122 Å². The number of nitrogens with one attached hydrogen (secondary N) is 1. The largest absolute Gasteiger partial charge is 0.416 e. The highest BCUT2D eigenvalue weighted by atomic mass is 19.4. The molecule has 0 bridgehead atoms. The molecule has 0 fully saturated rings. The van der Waals surface area contributed by atoms with Crippen molar-refractivity contribution in [2.45, 2.75) is 26.1 Å². The van der Waals surface area contributed by atoms with Crippen molar-refractivity contribution in [3.63, 3.8) is 0 Å². The summed E-state index contributed by atoms with van der Waals surface area (Å²) in [5.41, 5.74) is 3.23. The molecule has 0 saturated heterocycles. The van der Waals surface area contributed by atoms with Crippen LogP contribution in [0, 0.1) is 13.8 Å². The van der Waals surface area contributed by atoms with Gasteiger partial charge in [0.2, 0.25) is 0 Å². The lowest BCUT2D eigenvalue weighted by atomic mass is 9.94. The Bertz CT molecular complexity index is 632. The first-order valence-electron chi connectivity index (χ1n) is 6.74. The van der Waals surface area contributed by atoms with Gasteiger partial charge in [0.15, 0.2) is 0 Å². The van der Waals surface area contributed by atoms with Crippen molar-refractivity contribution in [3.8, 4) is 0 Å². The number of alkyl halides is 3. The molecule has 0 aliphatic heterocycles. The van der Waals surface area contributed by atoms with Gasteiger partial charge in [0.1, 0.15) is 0 Å². The summed E-state index contributed by atoms with van der Waals surface area (Å²) in [4.78, 5) is 0. The summed E-state index contributed by atoms with van der Waals surface area (Å²) in [5, 5.41) is 3.09. The molecule has 112 valence electrons. The van der Waals surface area contributed by atoms with Gasteiger partial charge in [-0.25, -0.2) is 0 Å². The standard InChI is InChI=1S/C17H18F3N/c1-11-7-8-14(9-12(11)2)16(21-3)13-5-4-6-15(10-13)17(18,19)20/h4-10,16,21H,1-3H3. The molecule has 2 rings (SSSR count). The Morgan fingerprint density at radius 2 is 1.57 bits per heavy atom. The highest BCUT2D eigenvalue weighted by Gasteiger charge is 2.31. The van der Waals surface area contributed by atoms with E-state index in [2.05, 4.69) is 5.32 Å². The minimum atomic E-state index is -4.32. The molecule has 0 aliphatic rings. The first-order valence-corrected chi connectivity index (χ1v) is 6.74. The second-order valence-corrected chi connectivity index (χ2v) is 5.19. The van der Waals surface area contributed by atoms with Crippen LogP contribution in [0.25, 0.3) is 0 Å². The molecule has 4 heteroatoms. The van der Waals surface area contributed by atoms with E-state index in [0.29, 0.717) is 5.56 Å². The lowest BCUT2D eigenvalue weighted by Gasteiger charge is -2.19. The molecule has 21 heavy (non-hydrogen) atoms. The number of hydrogen-bond donors (Lipinski definition) is 1. The first-order chi connectivity index (χ1) is 9.82. The fourth-order valence-corrected chi connectivity index (χ4v) is 2.36. The summed E-state index contributed by atoms with van der Waals surface area (Å²) in [7, 11) is 1.75. The van der Waals surface area contributed by atoms with Crippen molar-refractivity contribution in [1.82, 2.24) is 5.32 Å². The molecule has 0 spiro atoms. The normalized spacial score (nSPS) is 13.2. The van der Waals surface area contributed by atoms with Crippen LogP contribution in [0.2, 0.25) is 0 Å². The van der Waals surface area contributed by atoms with Crippen molar-refractivity contribution in [3.05, 3.63) is 70.3 Å². The van der Waals surface area contributed by atoms with Crippen molar-refractivity contribution >= 4 is 0 Å². The zero-order chi connectivity index (χ0) is 15.6. The van der Waals surface area contributed by atoms with Gasteiger partial charge in [-0.15, -0.1) is 0 Å². The van der Waals surface area contributed by atoms with Crippen LogP contribution in [-0.2, 0) is 6.18 Å². The van der Waals surface area contributed by atoms with Crippen molar-refractivity contribution in [1.29, 1.82) is 0 Å². The minimum Gasteiger partial charge on any atom is -0.309 e. The van der Waals surface area contributed by atoms with Crippen LogP contribution in [0.4, 0.5) is 13.2 Å². The Morgan fingerprint density at radius 3 is 2.14 bits per heavy atom. The maximum absolute atomic E-state index is 12.8. The third-order valence-electron chi connectivity index (χ3n) is 3.70. The number of rotatable bonds is 3. The monoisotopic (exact) mass is 293 g/mol. The SMILES string of the molecule is CNC(c1cccc(C(F)(F)F)c1)c1ccc(C)c(C)c1. The van der Waals surface area contributed by atoms with Crippen LogP contribution in [0.3, 0.4) is 0 Å². The maximum Gasteiger partial charge on any atom is 0.416 e. The van der Waals surface area contributed by atoms with Crippen molar-refractivity contribution in [2.75, 3.05) is 7.05 Å². The number of aryl methyl sites for hydroxylation is 2. The maximum atomic E-state index is 12.8. The third-order valence-corrected chi connectivity index (χ3v) is 3.70. The van der Waals surface area contributed by atoms with Crippen molar-refractivity contribution in [2.24, 2.45) is 0 Å². The predicted molar refractivity (Wildman–Crippen MR) is 78.3 cm³/mol. The highest BCUT2D eigenvalue weighted by Crippen LogP contribution is 2.32. The average Bonchev–Trinajstić information content (AvgIpc) is 2.43. The second-order valence-electron chi connectivity index (χ2n) is 5.19. The van der Waals surface area contributed by atoms with E-state index in [1.165, 1.54) is 12.1 Å². The smallest absolute Gasteiger partial charge is 0.309 e. The summed E-state index contributed by atoms with van der Waals surface area (Å²) in [6.45, 7) is 4.01. The van der Waals surface area contributed by atoms with Crippen LogP contribution in [0.5, 0.6) is 0 Å². The molecule has 1 unspecified atom stereocenters. The zero-order valence-electron chi connectivity index (χ0n) is 12.3. The van der Waals surface area contributed by atoms with Gasteiger partial charge < -0.3 is 5.32 Å². The van der Waals surface area contributed by atoms with E-state index in [1.54, 1.807) is 13.1 Å². The number of benzene rings is 2. The van der Waals surface area contributed by atoms with E-state index >= 15 is 0 Å². The van der Waals surface area contributed by atoms with Gasteiger partial charge in [-0.3, -0.25) is 0 Å². The summed E-state index contributed by atoms with van der Waals surface area (Å²) >= 11 is 0. The van der Waals surface area contributed by atoms with Gasteiger partial charge in [0, 0.05) is 0 Å². The van der Waals surface area contributed by atoms with Gasteiger partial charge in [0.25, 0.3) is 0 Å². The third kappa shape index (κ3) is 3.45. The molecule has 2 aromatic carbocycles. The Kier molecular flexibility index (Phi) is 4.37. The lowest BCUT2D eigenvalue weighted by molar-refractivity contribution is -0.137. The summed E-state index contributed by atoms with van der Waals surface area (Å²) in [6, 6.07) is 11.2. The average molecular weight is 293 g/mol. The summed E-state index contributed by atoms with van der Waals surface area (Å²) in [5.74, 6) is 0. The Hall–Kier alpha value is -1.81. The quantitative estimate of drug-likeness (QED) is 0.870. The summed E-state index contributed by atoms with van der Waals surface area (Å²) < 4.78 is 38.5. The molecule has 0 radical (unpaired) electrons. The Balaban J connectivity index is 2.44. The minimum absolute atomic E-state index is 0.258. The second kappa shape index (κ2) is 5.90. The van der Waals surface area contributed by atoms with Gasteiger partial charge in [-0.2, -0.15) is 13.2 Å². The zero-order valence-corrected chi connectivity index (χ0v) is 12.3. The number of hydrogen-bond acceptors (Lipinski definition) is 1. The lowest BCUT2D eigenvalue weighted by Crippen LogP contribution is -2.18. The summed E-state index contributed by atoms with van der Waals surface area (Å²) in [6.07, 6.45) is -4.32. The van der Waals surface area contributed by atoms with Crippen LogP contribution >= 0.6 is 0 Å². The van der Waals surface area contributed by atoms with E-state index in [9.17, 15) is 13.2 Å². The van der Waals surface area contributed by atoms with Gasteiger partial charge in [-0.05, 0) is 55.3 Å². The van der Waals surface area contributed by atoms with Gasteiger partial charge >= 0.3 is 6.18 Å². The van der Waals surface area contributed by atoms with Crippen LogP contribution < -0.4 is 5.32 Å². The molecule has 0 aliphatic carbocycles. The fraction of sp³-hybridized carbons (Fsp3) is 0.294. The molecule has 2 aromatic rings. The van der Waals surface area contributed by atoms with Crippen LogP contribution in [-0.4, -0.2) is 7.05 Å². The van der Waals surface area contributed by atoms with E-state index in [-0.39, 0.29) is 6.04 Å². The van der Waals surface area contributed by atoms with Crippen LogP contribution in [0.15, 0.2) is 42.5 Å². The molecular weight excluding hydrogens is 275 g/mol. The van der Waals surface area contributed by atoms with Crippen LogP contribution in [0.1, 0.15) is 33.9 Å². The van der Waals surface area contributed by atoms with E-state index in [1.807, 2.05) is 32.0 Å². The molecule has 0 heterocycles. The molecular formula is C17H18F3N.